The average Bonchev–Trinajstić information content (AvgIpc) is 3.35. The third-order valence-electron chi connectivity index (χ3n) is 5.44. The fraction of sp³-hybridized carbons (Fsp3) is 0.273. The summed E-state index contributed by atoms with van der Waals surface area (Å²) in [6.07, 6.45) is -1.27. The van der Waals surface area contributed by atoms with Crippen LogP contribution in [0.25, 0.3) is 5.65 Å². The zero-order valence-electron chi connectivity index (χ0n) is 17.1. The van der Waals surface area contributed by atoms with Crippen molar-refractivity contribution < 1.29 is 18.0 Å². The predicted molar refractivity (Wildman–Crippen MR) is 110 cm³/mol. The minimum absolute atomic E-state index is 0.00282. The van der Waals surface area contributed by atoms with Crippen LogP contribution in [0.1, 0.15) is 51.8 Å². The Morgan fingerprint density at radius 1 is 1.16 bits per heavy atom. The van der Waals surface area contributed by atoms with Crippen LogP contribution >= 0.6 is 0 Å². The van der Waals surface area contributed by atoms with Gasteiger partial charge in [0.1, 0.15) is 5.69 Å². The monoisotopic (exact) mass is 440 g/mol. The van der Waals surface area contributed by atoms with E-state index in [1.54, 1.807) is 16.9 Å². The zero-order valence-corrected chi connectivity index (χ0v) is 17.1. The maximum Gasteiger partial charge on any atom is 0.433 e. The maximum atomic E-state index is 13.5. The lowest BCUT2D eigenvalue weighted by Gasteiger charge is -2.10. The molecule has 1 fully saturated rings. The van der Waals surface area contributed by atoms with Gasteiger partial charge in [0, 0.05) is 29.9 Å². The van der Waals surface area contributed by atoms with Crippen molar-refractivity contribution in [2.45, 2.75) is 38.4 Å². The van der Waals surface area contributed by atoms with Crippen LogP contribution in [0.15, 0.2) is 48.7 Å². The highest BCUT2D eigenvalue weighted by molar-refractivity contribution is 6.02. The first-order chi connectivity index (χ1) is 15.3. The Morgan fingerprint density at radius 3 is 2.66 bits per heavy atom. The summed E-state index contributed by atoms with van der Waals surface area (Å²) in [7, 11) is 0. The normalized spacial score (nSPS) is 14.1. The van der Waals surface area contributed by atoms with Crippen molar-refractivity contribution in [2.24, 2.45) is 0 Å². The third-order valence-corrected chi connectivity index (χ3v) is 5.44. The molecule has 4 aromatic rings. The molecular weight excluding hydrogens is 421 g/mol. The lowest BCUT2D eigenvalue weighted by Crippen LogP contribution is -2.16. The minimum Gasteiger partial charge on any atom is -0.304 e. The number of benzene rings is 1. The predicted octanol–water partition coefficient (Wildman–Crippen LogP) is 4.43. The molecule has 1 N–H and O–H groups in total. The van der Waals surface area contributed by atoms with Gasteiger partial charge in [-0.1, -0.05) is 24.3 Å². The summed E-state index contributed by atoms with van der Waals surface area (Å²) < 4.78 is 43.0. The maximum absolute atomic E-state index is 13.5. The second-order valence-electron chi connectivity index (χ2n) is 7.92. The van der Waals surface area contributed by atoms with Crippen LogP contribution in [0.4, 0.5) is 19.0 Å². The fourth-order valence-corrected chi connectivity index (χ4v) is 3.55. The second kappa shape index (κ2) is 7.47. The van der Waals surface area contributed by atoms with E-state index in [4.69, 9.17) is 0 Å². The quantitative estimate of drug-likeness (QED) is 0.498. The molecule has 1 aliphatic carbocycles. The smallest absolute Gasteiger partial charge is 0.304 e. The van der Waals surface area contributed by atoms with Gasteiger partial charge in [-0.05, 0) is 37.0 Å². The van der Waals surface area contributed by atoms with E-state index >= 15 is 0 Å². The largest absolute Gasteiger partial charge is 0.433 e. The highest BCUT2D eigenvalue weighted by Crippen LogP contribution is 2.41. The summed E-state index contributed by atoms with van der Waals surface area (Å²) in [5.74, 6) is -0.341. The van der Waals surface area contributed by atoms with Crippen molar-refractivity contribution in [3.63, 3.8) is 0 Å². The highest BCUT2D eigenvalue weighted by Gasteiger charge is 2.37. The van der Waals surface area contributed by atoms with Gasteiger partial charge < -0.3 is 5.32 Å². The summed E-state index contributed by atoms with van der Waals surface area (Å²) >= 11 is 0. The summed E-state index contributed by atoms with van der Waals surface area (Å²) in [4.78, 5) is 16.9. The van der Waals surface area contributed by atoms with Gasteiger partial charge in [-0.2, -0.15) is 23.4 Å². The van der Waals surface area contributed by atoms with Crippen LogP contribution in [0, 0.1) is 6.92 Å². The lowest BCUT2D eigenvalue weighted by atomic mass is 10.1. The van der Waals surface area contributed by atoms with Gasteiger partial charge in [0.2, 0.25) is 0 Å². The van der Waals surface area contributed by atoms with E-state index in [2.05, 4.69) is 20.5 Å². The molecule has 0 spiro atoms. The van der Waals surface area contributed by atoms with Gasteiger partial charge in [-0.15, -0.1) is 0 Å². The van der Waals surface area contributed by atoms with E-state index in [0.717, 1.165) is 30.0 Å². The number of carbonyl (C=O) groups is 1. The van der Waals surface area contributed by atoms with Crippen LogP contribution < -0.4 is 5.32 Å². The first kappa shape index (κ1) is 20.2. The van der Waals surface area contributed by atoms with Crippen LogP contribution in [0.2, 0.25) is 0 Å². The molecule has 0 bridgehead atoms. The molecule has 0 aliphatic heterocycles. The molecule has 7 nitrogen and oxygen atoms in total. The number of fused-ring (bicyclic) bond motifs is 1. The van der Waals surface area contributed by atoms with Gasteiger partial charge in [0.05, 0.1) is 6.54 Å². The first-order valence-corrected chi connectivity index (χ1v) is 10.1. The van der Waals surface area contributed by atoms with E-state index in [0.29, 0.717) is 16.8 Å². The number of aromatic nitrogens is 5. The standard InChI is InChI=1S/C22H19F3N6O/c1-13-4-2-3-5-15(13)12-30-9-8-19(29-30)27-21(32)17-11-20-26-16(14-6-7-14)10-18(22(23,24)25)31(20)28-17/h2-5,8-11,14H,6-7,12H2,1H3,(H,27,29,32). The van der Waals surface area contributed by atoms with Crippen LogP contribution in [-0.4, -0.2) is 30.3 Å². The number of alkyl halides is 3. The molecule has 1 amide bonds. The SMILES string of the molecule is Cc1ccccc1Cn1ccc(NC(=O)c2cc3nc(C4CC4)cc(C(F)(F)F)n3n2)n1. The number of nitrogens with one attached hydrogen (secondary N) is 1. The molecule has 10 heteroatoms. The summed E-state index contributed by atoms with van der Waals surface area (Å²) in [5, 5.41) is 10.8. The minimum atomic E-state index is -4.61. The summed E-state index contributed by atoms with van der Waals surface area (Å²) in [5.41, 5.74) is 1.49. The Labute approximate surface area is 180 Å². The molecular formula is C22H19F3N6O. The van der Waals surface area contributed by atoms with Crippen molar-refractivity contribution in [3.05, 3.63) is 76.9 Å². The van der Waals surface area contributed by atoms with Gasteiger partial charge in [0.25, 0.3) is 5.91 Å². The number of amides is 1. The number of halogens is 3. The number of carbonyl (C=O) groups excluding carboxylic acids is 1. The molecule has 5 rings (SSSR count). The molecule has 0 atom stereocenters. The van der Waals surface area contributed by atoms with E-state index in [1.165, 1.54) is 6.07 Å². The number of rotatable bonds is 5. The Balaban J connectivity index is 1.38. The molecule has 1 aliphatic rings. The van der Waals surface area contributed by atoms with Crippen molar-refractivity contribution in [1.82, 2.24) is 24.4 Å². The van der Waals surface area contributed by atoms with Crippen LogP contribution in [0.3, 0.4) is 0 Å². The molecule has 1 aromatic carbocycles. The Hall–Kier alpha value is -3.69. The van der Waals surface area contributed by atoms with Crippen molar-refractivity contribution in [1.29, 1.82) is 0 Å². The number of aryl methyl sites for hydroxylation is 1. The number of nitrogens with zero attached hydrogens (tertiary/aromatic N) is 5. The van der Waals surface area contributed by atoms with Crippen LogP contribution in [0.5, 0.6) is 0 Å². The Bertz CT molecular complexity index is 1320. The van der Waals surface area contributed by atoms with E-state index in [-0.39, 0.29) is 23.1 Å². The van der Waals surface area contributed by atoms with Gasteiger partial charge in [-0.3, -0.25) is 9.48 Å². The average molecular weight is 440 g/mol. The molecule has 3 heterocycles. The summed E-state index contributed by atoms with van der Waals surface area (Å²) in [6.45, 7) is 2.53. The molecule has 0 unspecified atom stereocenters. The Morgan fingerprint density at radius 2 is 1.94 bits per heavy atom. The highest BCUT2D eigenvalue weighted by atomic mass is 19.4. The lowest BCUT2D eigenvalue weighted by molar-refractivity contribution is -0.142. The molecule has 3 aromatic heterocycles. The van der Waals surface area contributed by atoms with Crippen LogP contribution in [-0.2, 0) is 12.7 Å². The van der Waals surface area contributed by atoms with E-state index < -0.39 is 17.8 Å². The van der Waals surface area contributed by atoms with Crippen molar-refractivity contribution in [2.75, 3.05) is 5.32 Å². The van der Waals surface area contributed by atoms with Crippen molar-refractivity contribution in [3.8, 4) is 0 Å². The van der Waals surface area contributed by atoms with Crippen molar-refractivity contribution >= 4 is 17.4 Å². The molecule has 0 radical (unpaired) electrons. The third kappa shape index (κ3) is 3.95. The van der Waals surface area contributed by atoms with E-state index in [1.807, 2.05) is 31.2 Å². The molecule has 164 valence electrons. The van der Waals surface area contributed by atoms with E-state index in [9.17, 15) is 18.0 Å². The number of anilines is 1. The second-order valence-corrected chi connectivity index (χ2v) is 7.92. The fourth-order valence-electron chi connectivity index (χ4n) is 3.55. The molecule has 32 heavy (non-hydrogen) atoms. The number of hydrogen-bond donors (Lipinski definition) is 1. The molecule has 0 saturated heterocycles. The first-order valence-electron chi connectivity index (χ1n) is 10.1. The Kier molecular flexibility index (Phi) is 4.72. The van der Waals surface area contributed by atoms with Gasteiger partial charge in [0.15, 0.2) is 17.2 Å². The zero-order chi connectivity index (χ0) is 22.5. The van der Waals surface area contributed by atoms with Gasteiger partial charge in [-0.25, -0.2) is 9.50 Å². The summed E-state index contributed by atoms with van der Waals surface area (Å²) in [6, 6.07) is 11.8. The topological polar surface area (TPSA) is 77.1 Å². The number of hydrogen-bond acceptors (Lipinski definition) is 4. The molecule has 1 saturated carbocycles. The van der Waals surface area contributed by atoms with Gasteiger partial charge >= 0.3 is 6.18 Å².